The maximum absolute atomic E-state index is 9.25. The van der Waals surface area contributed by atoms with Gasteiger partial charge in [-0.15, -0.1) is 0 Å². The number of hydrogen-bond acceptors (Lipinski definition) is 4. The van der Waals surface area contributed by atoms with Crippen molar-refractivity contribution in [3.63, 3.8) is 0 Å². The number of rotatable bonds is 17. The van der Waals surface area contributed by atoms with Gasteiger partial charge in [-0.2, -0.15) is 11.8 Å². The maximum Gasteiger partial charge on any atom is 0.277 e. The van der Waals surface area contributed by atoms with E-state index in [-0.39, 0.29) is 6.42 Å². The fourth-order valence-electron chi connectivity index (χ4n) is 2.29. The van der Waals surface area contributed by atoms with Crippen molar-refractivity contribution in [2.45, 2.75) is 96.9 Å². The molecule has 22 heavy (non-hydrogen) atoms. The Morgan fingerprint density at radius 3 is 1.77 bits per heavy atom. The Labute approximate surface area is 142 Å². The van der Waals surface area contributed by atoms with Crippen LogP contribution in [0.3, 0.4) is 0 Å². The molecule has 0 heterocycles. The Bertz CT molecular complexity index is 222. The van der Waals surface area contributed by atoms with Crippen LogP contribution in [0.2, 0.25) is 0 Å². The molecule has 0 aromatic rings. The third-order valence-electron chi connectivity index (χ3n) is 3.87. The van der Waals surface area contributed by atoms with Crippen LogP contribution in [0.25, 0.3) is 0 Å². The molecule has 0 aliphatic heterocycles. The number of unbranched alkanes of at least 4 members (excludes halogenated alkanes) is 9. The molecule has 2 N–H and O–H groups in total. The van der Waals surface area contributed by atoms with Crippen molar-refractivity contribution in [2.24, 2.45) is 0 Å². The van der Waals surface area contributed by atoms with E-state index in [9.17, 15) is 10.2 Å². The van der Waals surface area contributed by atoms with Gasteiger partial charge in [-0.1, -0.05) is 71.6 Å². The molecule has 0 saturated heterocycles. The molecule has 4 heteroatoms. The van der Waals surface area contributed by atoms with E-state index in [0.29, 0.717) is 6.61 Å². The Hall–Kier alpha value is 0.230. The van der Waals surface area contributed by atoms with Gasteiger partial charge in [-0.25, -0.2) is 0 Å². The SMILES string of the molecule is CCCCCCCCCCCCSCCCOC(O)(O)CC. The van der Waals surface area contributed by atoms with E-state index in [1.165, 1.54) is 70.0 Å². The van der Waals surface area contributed by atoms with Gasteiger partial charge in [-0.05, 0) is 24.3 Å². The summed E-state index contributed by atoms with van der Waals surface area (Å²) in [7, 11) is 0. The number of thioether (sulfide) groups is 1. The summed E-state index contributed by atoms with van der Waals surface area (Å²) >= 11 is 1.95. The topological polar surface area (TPSA) is 49.7 Å². The van der Waals surface area contributed by atoms with Crippen LogP contribution in [0.5, 0.6) is 0 Å². The van der Waals surface area contributed by atoms with E-state index in [1.807, 2.05) is 11.8 Å². The highest BCUT2D eigenvalue weighted by molar-refractivity contribution is 7.99. The van der Waals surface area contributed by atoms with Crippen molar-refractivity contribution >= 4 is 11.8 Å². The van der Waals surface area contributed by atoms with Gasteiger partial charge in [0.15, 0.2) is 0 Å². The molecule has 0 bridgehead atoms. The van der Waals surface area contributed by atoms with Crippen LogP contribution in [0.4, 0.5) is 0 Å². The lowest BCUT2D eigenvalue weighted by Gasteiger charge is -2.19. The Balaban J connectivity index is 3.06. The minimum Gasteiger partial charge on any atom is -0.343 e. The molecule has 0 unspecified atom stereocenters. The van der Waals surface area contributed by atoms with E-state index >= 15 is 0 Å². The summed E-state index contributed by atoms with van der Waals surface area (Å²) in [6.07, 6.45) is 14.9. The molecule has 0 aromatic carbocycles. The van der Waals surface area contributed by atoms with Gasteiger partial charge in [0.25, 0.3) is 5.97 Å². The molecule has 3 nitrogen and oxygen atoms in total. The van der Waals surface area contributed by atoms with Crippen molar-refractivity contribution in [3.05, 3.63) is 0 Å². The predicted molar refractivity (Wildman–Crippen MR) is 97.2 cm³/mol. The first-order chi connectivity index (χ1) is 10.6. The Morgan fingerprint density at radius 1 is 0.727 bits per heavy atom. The lowest BCUT2D eigenvalue weighted by Crippen LogP contribution is -2.31. The lowest BCUT2D eigenvalue weighted by molar-refractivity contribution is -0.338. The second-order valence-corrected chi connectivity index (χ2v) is 7.32. The van der Waals surface area contributed by atoms with Crippen molar-refractivity contribution in [2.75, 3.05) is 18.1 Å². The molecule has 0 fully saturated rings. The summed E-state index contributed by atoms with van der Waals surface area (Å²) in [5.74, 6) is 0.325. The van der Waals surface area contributed by atoms with Crippen molar-refractivity contribution < 1.29 is 14.9 Å². The smallest absolute Gasteiger partial charge is 0.277 e. The minimum atomic E-state index is -1.93. The van der Waals surface area contributed by atoms with E-state index in [0.717, 1.165) is 12.2 Å². The molecule has 0 aliphatic rings. The highest BCUT2D eigenvalue weighted by atomic mass is 32.2. The van der Waals surface area contributed by atoms with Gasteiger partial charge >= 0.3 is 0 Å². The first-order valence-electron chi connectivity index (χ1n) is 9.29. The molecule has 134 valence electrons. The lowest BCUT2D eigenvalue weighted by atomic mass is 10.1. The van der Waals surface area contributed by atoms with E-state index < -0.39 is 5.97 Å². The average Bonchev–Trinajstić information content (AvgIpc) is 2.51. The van der Waals surface area contributed by atoms with Gasteiger partial charge in [0.2, 0.25) is 0 Å². The molecular weight excluding hydrogens is 296 g/mol. The van der Waals surface area contributed by atoms with Gasteiger partial charge < -0.3 is 14.9 Å². The summed E-state index contributed by atoms with van der Waals surface area (Å²) < 4.78 is 4.98. The van der Waals surface area contributed by atoms with Crippen LogP contribution < -0.4 is 0 Å². The zero-order chi connectivity index (χ0) is 16.5. The molecule has 0 atom stereocenters. The van der Waals surface area contributed by atoms with Gasteiger partial charge in [-0.3, -0.25) is 0 Å². The Morgan fingerprint density at radius 2 is 1.23 bits per heavy atom. The van der Waals surface area contributed by atoms with Crippen LogP contribution in [-0.2, 0) is 4.74 Å². The molecule has 0 amide bonds. The van der Waals surface area contributed by atoms with Crippen LogP contribution in [0.1, 0.15) is 90.9 Å². The summed E-state index contributed by atoms with van der Waals surface area (Å²) in [5, 5.41) is 18.5. The zero-order valence-electron chi connectivity index (χ0n) is 14.8. The van der Waals surface area contributed by atoms with Crippen LogP contribution in [-0.4, -0.2) is 34.3 Å². The van der Waals surface area contributed by atoms with Crippen molar-refractivity contribution in [3.8, 4) is 0 Å². The first kappa shape index (κ1) is 22.2. The normalized spacial score (nSPS) is 12.0. The number of aliphatic hydroxyl groups is 2. The van der Waals surface area contributed by atoms with Gasteiger partial charge in [0.05, 0.1) is 6.61 Å². The minimum absolute atomic E-state index is 0.207. The third-order valence-corrected chi connectivity index (χ3v) is 5.02. The summed E-state index contributed by atoms with van der Waals surface area (Å²) in [6, 6.07) is 0. The standard InChI is InChI=1S/C18H38O3S/c1-3-5-6-7-8-9-10-11-12-13-16-22-17-14-15-21-18(19,20)4-2/h19-20H,3-17H2,1-2H3. The summed E-state index contributed by atoms with van der Waals surface area (Å²) in [6.45, 7) is 4.38. The molecule has 0 spiro atoms. The van der Waals surface area contributed by atoms with Crippen LogP contribution in [0, 0.1) is 0 Å². The monoisotopic (exact) mass is 334 g/mol. The number of ether oxygens (including phenoxy) is 1. The quantitative estimate of drug-likeness (QED) is 0.287. The fourth-order valence-corrected chi connectivity index (χ4v) is 3.23. The predicted octanol–water partition coefficient (Wildman–Crippen LogP) is 5.10. The van der Waals surface area contributed by atoms with Crippen LogP contribution in [0.15, 0.2) is 0 Å². The number of hydrogen-bond donors (Lipinski definition) is 2. The average molecular weight is 335 g/mol. The maximum atomic E-state index is 9.25. The van der Waals surface area contributed by atoms with E-state index in [2.05, 4.69) is 6.92 Å². The van der Waals surface area contributed by atoms with Crippen molar-refractivity contribution in [1.29, 1.82) is 0 Å². The fraction of sp³-hybridized carbons (Fsp3) is 1.00. The molecule has 0 radical (unpaired) electrons. The van der Waals surface area contributed by atoms with Gasteiger partial charge in [0, 0.05) is 6.42 Å². The first-order valence-corrected chi connectivity index (χ1v) is 10.4. The molecule has 0 saturated carbocycles. The highest BCUT2D eigenvalue weighted by Crippen LogP contribution is 2.13. The highest BCUT2D eigenvalue weighted by Gasteiger charge is 2.19. The van der Waals surface area contributed by atoms with Gasteiger partial charge in [0.1, 0.15) is 0 Å². The third kappa shape index (κ3) is 16.6. The summed E-state index contributed by atoms with van der Waals surface area (Å²) in [5.41, 5.74) is 0. The molecule has 0 rings (SSSR count). The van der Waals surface area contributed by atoms with Crippen LogP contribution >= 0.6 is 11.8 Å². The molecular formula is C18H38O3S. The largest absolute Gasteiger partial charge is 0.343 e. The van der Waals surface area contributed by atoms with E-state index in [4.69, 9.17) is 4.74 Å². The Kier molecular flexibility index (Phi) is 16.3. The molecule has 0 aromatic heterocycles. The van der Waals surface area contributed by atoms with E-state index in [1.54, 1.807) is 6.92 Å². The summed E-state index contributed by atoms with van der Waals surface area (Å²) in [4.78, 5) is 0. The second kappa shape index (κ2) is 16.1. The zero-order valence-corrected chi connectivity index (χ0v) is 15.6. The van der Waals surface area contributed by atoms with Crippen molar-refractivity contribution in [1.82, 2.24) is 0 Å². The second-order valence-electron chi connectivity index (χ2n) is 6.09. The molecule has 0 aliphatic carbocycles.